The van der Waals surface area contributed by atoms with Crippen LogP contribution in [-0.4, -0.2) is 24.7 Å². The number of nitro benzene ring substituents is 4. The van der Waals surface area contributed by atoms with Crippen molar-refractivity contribution in [1.29, 1.82) is 0 Å². The Labute approximate surface area is 120 Å². The van der Waals surface area contributed by atoms with Gasteiger partial charge in [-0.15, -0.1) is 0 Å². The maximum atomic E-state index is 13.8. The van der Waals surface area contributed by atoms with E-state index in [0.29, 0.717) is 0 Å². The molecular weight excluding hydrogens is 335 g/mol. The number of anilines is 1. The molecule has 1 aromatic carbocycles. The van der Waals surface area contributed by atoms with Crippen LogP contribution in [0.5, 0.6) is 0 Å². The van der Waals surface area contributed by atoms with Gasteiger partial charge >= 0.3 is 22.7 Å². The van der Waals surface area contributed by atoms with Gasteiger partial charge in [0.25, 0.3) is 11.5 Å². The van der Waals surface area contributed by atoms with Gasteiger partial charge < -0.3 is 0 Å². The molecule has 0 aliphatic heterocycles. The fourth-order valence-corrected chi connectivity index (χ4v) is 1.55. The monoisotopic (exact) mass is 336 g/mol. The van der Waals surface area contributed by atoms with Gasteiger partial charge in [-0.1, -0.05) is 5.43 Å². The zero-order valence-corrected chi connectivity index (χ0v) is 10.2. The molecule has 0 radical (unpaired) electrons. The van der Waals surface area contributed by atoms with E-state index in [1.54, 1.807) is 0 Å². The minimum Gasteiger partial charge on any atom is -0.258 e. The van der Waals surface area contributed by atoms with Crippen molar-refractivity contribution in [3.63, 3.8) is 0 Å². The van der Waals surface area contributed by atoms with Gasteiger partial charge in [0.2, 0.25) is 0 Å². The summed E-state index contributed by atoms with van der Waals surface area (Å²) in [6.07, 6.45) is 0. The molecule has 0 aliphatic rings. The molecule has 0 spiro atoms. The largest absolute Gasteiger partial charge is 0.391 e. The third-order valence-corrected chi connectivity index (χ3v) is 2.27. The van der Waals surface area contributed by atoms with Gasteiger partial charge in [0.1, 0.15) is 0 Å². The molecule has 0 atom stereocenters. The highest BCUT2D eigenvalue weighted by molar-refractivity contribution is 5.86. The lowest BCUT2D eigenvalue weighted by Crippen LogP contribution is -2.15. The molecule has 17 heteroatoms. The standard InChI is InChI=1S/C6HFN6O10/c7-1-3(9(14)15)5(11(18)19)2(8-13(22)23)6(12(20)21)4(1)10(16)17/h8H. The van der Waals surface area contributed by atoms with Crippen LogP contribution in [0.25, 0.3) is 0 Å². The number of nitro groups is 5. The zero-order chi connectivity index (χ0) is 18.1. The van der Waals surface area contributed by atoms with Crippen molar-refractivity contribution < 1.29 is 29.1 Å². The Kier molecular flexibility index (Phi) is 4.25. The van der Waals surface area contributed by atoms with Crippen LogP contribution >= 0.6 is 0 Å². The van der Waals surface area contributed by atoms with E-state index in [1.807, 2.05) is 0 Å². The molecule has 0 aliphatic carbocycles. The molecule has 1 aromatic rings. The molecule has 1 N–H and O–H groups in total. The summed E-state index contributed by atoms with van der Waals surface area (Å²) in [5.41, 5.74) is -9.17. The van der Waals surface area contributed by atoms with Crippen LogP contribution in [-0.2, 0) is 0 Å². The van der Waals surface area contributed by atoms with E-state index in [9.17, 15) is 55.0 Å². The number of rotatable bonds is 6. The summed E-state index contributed by atoms with van der Waals surface area (Å²) >= 11 is 0. The summed E-state index contributed by atoms with van der Waals surface area (Å²) in [6, 6.07) is 0. The molecule has 0 saturated heterocycles. The second-order valence-electron chi connectivity index (χ2n) is 3.48. The van der Waals surface area contributed by atoms with Crippen LogP contribution in [0.1, 0.15) is 0 Å². The molecular formula is C6HFN6O10. The zero-order valence-electron chi connectivity index (χ0n) is 10.2. The Bertz CT molecular complexity index is 723. The number of halogens is 1. The highest BCUT2D eigenvalue weighted by Crippen LogP contribution is 2.49. The molecule has 0 aromatic heterocycles. The third-order valence-electron chi connectivity index (χ3n) is 2.27. The van der Waals surface area contributed by atoms with E-state index < -0.39 is 59.0 Å². The van der Waals surface area contributed by atoms with Crippen LogP contribution in [0.2, 0.25) is 0 Å². The van der Waals surface area contributed by atoms with Crippen LogP contribution in [0.4, 0.5) is 32.8 Å². The molecule has 0 bridgehead atoms. The average Bonchev–Trinajstić information content (AvgIpc) is 2.36. The minimum absolute atomic E-state index is 0.886. The van der Waals surface area contributed by atoms with Gasteiger partial charge in [0, 0.05) is 0 Å². The number of hydrazine groups is 1. The van der Waals surface area contributed by atoms with Gasteiger partial charge in [-0.05, 0) is 0 Å². The highest BCUT2D eigenvalue weighted by atomic mass is 19.1. The maximum Gasteiger partial charge on any atom is 0.391 e. The summed E-state index contributed by atoms with van der Waals surface area (Å²) in [5.74, 6) is -2.48. The van der Waals surface area contributed by atoms with Gasteiger partial charge in [-0.25, -0.2) is 10.1 Å². The van der Waals surface area contributed by atoms with Gasteiger partial charge in [0.05, 0.1) is 19.7 Å². The van der Waals surface area contributed by atoms with E-state index in [-0.39, 0.29) is 0 Å². The summed E-state index contributed by atoms with van der Waals surface area (Å²) in [6.45, 7) is 0. The first-order valence-electron chi connectivity index (χ1n) is 4.88. The normalized spacial score (nSPS) is 9.96. The molecule has 0 saturated carbocycles. The number of nitrogens with one attached hydrogen (secondary N) is 1. The number of hydrogen-bond acceptors (Lipinski definition) is 10. The van der Waals surface area contributed by atoms with Crippen molar-refractivity contribution in [2.45, 2.75) is 0 Å². The molecule has 16 nitrogen and oxygen atoms in total. The second kappa shape index (κ2) is 5.75. The van der Waals surface area contributed by atoms with E-state index in [0.717, 1.165) is 5.43 Å². The Morgan fingerprint density at radius 1 is 0.652 bits per heavy atom. The van der Waals surface area contributed by atoms with Gasteiger partial charge in [-0.3, -0.25) is 40.5 Å². The van der Waals surface area contributed by atoms with Crippen LogP contribution in [0, 0.1) is 56.4 Å². The lowest BCUT2D eigenvalue weighted by Gasteiger charge is -2.04. The Balaban J connectivity index is 4.21. The SMILES string of the molecule is O=[N+]([O-])Nc1c([N+](=O)[O-])c([N+](=O)[O-])c(F)c([N+](=O)[O-])c1[N+](=O)[O-]. The van der Waals surface area contributed by atoms with E-state index in [2.05, 4.69) is 0 Å². The second-order valence-corrected chi connectivity index (χ2v) is 3.48. The van der Waals surface area contributed by atoms with Crippen molar-refractivity contribution in [2.24, 2.45) is 0 Å². The number of nitrogens with zero attached hydrogens (tertiary/aromatic N) is 5. The summed E-state index contributed by atoms with van der Waals surface area (Å²) in [5, 5.41) is 51.8. The van der Waals surface area contributed by atoms with Crippen LogP contribution < -0.4 is 5.43 Å². The van der Waals surface area contributed by atoms with E-state index in [4.69, 9.17) is 0 Å². The lowest BCUT2D eigenvalue weighted by atomic mass is 10.1. The van der Waals surface area contributed by atoms with Gasteiger partial charge in [0.15, 0.2) is 5.03 Å². The van der Waals surface area contributed by atoms with Crippen molar-refractivity contribution in [3.05, 3.63) is 56.4 Å². The van der Waals surface area contributed by atoms with Crippen molar-refractivity contribution >= 4 is 28.4 Å². The van der Waals surface area contributed by atoms with E-state index >= 15 is 0 Å². The molecule has 122 valence electrons. The van der Waals surface area contributed by atoms with Gasteiger partial charge in [-0.2, -0.15) is 4.39 Å². The fourth-order valence-electron chi connectivity index (χ4n) is 1.55. The van der Waals surface area contributed by atoms with Crippen molar-refractivity contribution in [2.75, 3.05) is 5.43 Å². The van der Waals surface area contributed by atoms with Crippen LogP contribution in [0.3, 0.4) is 0 Å². The predicted octanol–water partition coefficient (Wildman–Crippen LogP) is 1.06. The molecule has 1 rings (SSSR count). The van der Waals surface area contributed by atoms with E-state index in [1.165, 1.54) is 0 Å². The molecule has 0 unspecified atom stereocenters. The van der Waals surface area contributed by atoms with Crippen LogP contribution in [0.15, 0.2) is 0 Å². The first-order chi connectivity index (χ1) is 10.5. The summed E-state index contributed by atoms with van der Waals surface area (Å²) in [4.78, 5) is 46.5. The lowest BCUT2D eigenvalue weighted by molar-refractivity contribution is -0.455. The smallest absolute Gasteiger partial charge is 0.258 e. The maximum absolute atomic E-state index is 13.8. The first kappa shape index (κ1) is 17.0. The average molecular weight is 336 g/mol. The Morgan fingerprint density at radius 2 is 0.957 bits per heavy atom. The predicted molar refractivity (Wildman–Crippen MR) is 63.6 cm³/mol. The van der Waals surface area contributed by atoms with Crippen molar-refractivity contribution in [3.8, 4) is 0 Å². The third kappa shape index (κ3) is 2.86. The first-order valence-corrected chi connectivity index (χ1v) is 4.88. The quantitative estimate of drug-likeness (QED) is 0.569. The topological polar surface area (TPSA) is 228 Å². The molecule has 0 amide bonds. The fraction of sp³-hybridized carbons (Fsp3) is 0. The Morgan fingerprint density at radius 3 is 1.17 bits per heavy atom. The number of hydrogen-bond donors (Lipinski definition) is 1. The highest BCUT2D eigenvalue weighted by Gasteiger charge is 2.50. The van der Waals surface area contributed by atoms with Crippen molar-refractivity contribution in [1.82, 2.24) is 0 Å². The summed E-state index contributed by atoms with van der Waals surface area (Å²) < 4.78 is 13.8. The molecule has 0 heterocycles. The summed E-state index contributed by atoms with van der Waals surface area (Å²) in [7, 11) is 0. The molecule has 0 fully saturated rings. The minimum atomic E-state index is -2.48. The Hall–Kier alpha value is -4.05. The number of benzene rings is 1. The molecule has 23 heavy (non-hydrogen) atoms.